The highest BCUT2D eigenvalue weighted by Crippen LogP contribution is 2.39. The average Bonchev–Trinajstić information content (AvgIpc) is 3.48. The molecule has 1 aliphatic rings. The Morgan fingerprint density at radius 2 is 2.23 bits per heavy atom. The van der Waals surface area contributed by atoms with Crippen molar-refractivity contribution in [1.29, 1.82) is 0 Å². The van der Waals surface area contributed by atoms with Crippen LogP contribution in [0.1, 0.15) is 22.5 Å². The van der Waals surface area contributed by atoms with Gasteiger partial charge in [0.05, 0.1) is 16.5 Å². The topological polar surface area (TPSA) is 95.0 Å². The van der Waals surface area contributed by atoms with Crippen LogP contribution in [0.15, 0.2) is 36.7 Å². The summed E-state index contributed by atoms with van der Waals surface area (Å²) in [6.07, 6.45) is 3.51. The van der Waals surface area contributed by atoms with Crippen molar-refractivity contribution in [2.45, 2.75) is 19.4 Å². The number of hydrogen-bond acceptors (Lipinski definition) is 6. The number of amides is 1. The van der Waals surface area contributed by atoms with Crippen LogP contribution in [-0.2, 0) is 0 Å². The van der Waals surface area contributed by atoms with Gasteiger partial charge in [-0.25, -0.2) is 4.98 Å². The number of fused-ring (bicyclic) bond motifs is 1. The molecular formula is C21H18ClN5O2S. The lowest BCUT2D eigenvalue weighted by molar-refractivity contribution is 0.0761. The maximum absolute atomic E-state index is 13.2. The Hall–Kier alpha value is -2.81. The summed E-state index contributed by atoms with van der Waals surface area (Å²) in [4.78, 5) is 24.5. The third kappa shape index (κ3) is 3.17. The number of aromatic nitrogens is 4. The molecule has 152 valence electrons. The number of β-amino-alcohol motifs (C(OH)–C–C–N with tert-alkyl or cyclic N) is 1. The first-order chi connectivity index (χ1) is 14.5. The second-order valence-electron chi connectivity index (χ2n) is 7.30. The summed E-state index contributed by atoms with van der Waals surface area (Å²) in [5.41, 5.74) is 3.62. The molecule has 0 spiro atoms. The van der Waals surface area contributed by atoms with Crippen molar-refractivity contribution in [2.75, 3.05) is 13.1 Å². The number of thiazole rings is 1. The quantitative estimate of drug-likeness (QED) is 0.504. The summed E-state index contributed by atoms with van der Waals surface area (Å²) < 4.78 is 0. The molecule has 4 heterocycles. The summed E-state index contributed by atoms with van der Waals surface area (Å²) >= 11 is 7.65. The fourth-order valence-electron chi connectivity index (χ4n) is 3.70. The van der Waals surface area contributed by atoms with Crippen molar-refractivity contribution in [2.24, 2.45) is 0 Å². The Morgan fingerprint density at radius 3 is 2.97 bits per heavy atom. The van der Waals surface area contributed by atoms with E-state index in [0.717, 1.165) is 32.6 Å². The summed E-state index contributed by atoms with van der Waals surface area (Å²) in [5.74, 6) is -0.184. The normalized spacial score (nSPS) is 16.5. The highest BCUT2D eigenvalue weighted by molar-refractivity contribution is 7.18. The summed E-state index contributed by atoms with van der Waals surface area (Å²) in [7, 11) is 0. The predicted molar refractivity (Wildman–Crippen MR) is 117 cm³/mol. The smallest absolute Gasteiger partial charge is 0.274 e. The highest BCUT2D eigenvalue weighted by atomic mass is 35.5. The van der Waals surface area contributed by atoms with Gasteiger partial charge < -0.3 is 10.0 Å². The average molecular weight is 440 g/mol. The SMILES string of the molecule is Cc1c(Cl)ccc2c(-c3nc(C(=O)N4CC[C@H](O)C4)c(-c4cccnc4)s3)[nH]nc12. The Morgan fingerprint density at radius 1 is 1.37 bits per heavy atom. The number of carbonyl (C=O) groups excluding carboxylic acids is 1. The number of aliphatic hydroxyl groups is 1. The van der Waals surface area contributed by atoms with E-state index in [1.807, 2.05) is 31.2 Å². The zero-order chi connectivity index (χ0) is 20.8. The Balaban J connectivity index is 1.65. The largest absolute Gasteiger partial charge is 0.391 e. The standard InChI is InChI=1S/C21H18ClN5O2S/c1-11-15(22)5-4-14-16(11)25-26-17(14)20-24-18(21(29)27-8-6-13(28)10-27)19(30-20)12-3-2-7-23-9-12/h2-5,7,9,13,28H,6,8,10H2,1H3,(H,25,26)/t13-/m0/s1. The number of pyridine rings is 1. The lowest BCUT2D eigenvalue weighted by Gasteiger charge is -2.14. The van der Waals surface area contributed by atoms with Gasteiger partial charge in [0.1, 0.15) is 16.4 Å². The summed E-state index contributed by atoms with van der Waals surface area (Å²) in [6.45, 7) is 2.76. The highest BCUT2D eigenvalue weighted by Gasteiger charge is 2.30. The Bertz CT molecular complexity index is 1250. The van der Waals surface area contributed by atoms with Gasteiger partial charge in [-0.2, -0.15) is 5.10 Å². The zero-order valence-corrected chi connectivity index (χ0v) is 17.7. The van der Waals surface area contributed by atoms with Gasteiger partial charge in [0, 0.05) is 41.5 Å². The van der Waals surface area contributed by atoms with E-state index in [1.165, 1.54) is 11.3 Å². The first-order valence-electron chi connectivity index (χ1n) is 9.55. The molecule has 0 saturated carbocycles. The lowest BCUT2D eigenvalue weighted by atomic mass is 10.1. The number of nitrogens with zero attached hydrogens (tertiary/aromatic N) is 4. The first-order valence-corrected chi connectivity index (χ1v) is 10.7. The molecule has 1 fully saturated rings. The zero-order valence-electron chi connectivity index (χ0n) is 16.1. The van der Waals surface area contributed by atoms with Gasteiger partial charge in [0.2, 0.25) is 0 Å². The van der Waals surface area contributed by atoms with Crippen LogP contribution in [0.5, 0.6) is 0 Å². The monoisotopic (exact) mass is 439 g/mol. The molecule has 0 radical (unpaired) electrons. The van der Waals surface area contributed by atoms with E-state index in [0.29, 0.717) is 35.2 Å². The molecule has 0 aliphatic carbocycles. The van der Waals surface area contributed by atoms with Crippen LogP contribution in [0.25, 0.3) is 32.0 Å². The van der Waals surface area contributed by atoms with Crippen molar-refractivity contribution in [3.8, 4) is 21.1 Å². The summed E-state index contributed by atoms with van der Waals surface area (Å²) in [5, 5.41) is 19.6. The molecule has 9 heteroatoms. The Labute approximate surface area is 181 Å². The van der Waals surface area contributed by atoms with Gasteiger partial charge in [-0.1, -0.05) is 17.7 Å². The minimum Gasteiger partial charge on any atom is -0.391 e. The minimum atomic E-state index is -0.488. The molecule has 1 aromatic carbocycles. The minimum absolute atomic E-state index is 0.184. The third-order valence-corrected chi connectivity index (χ3v) is 6.86. The molecule has 1 atom stereocenters. The van der Waals surface area contributed by atoms with E-state index in [9.17, 15) is 9.90 Å². The number of aliphatic hydroxyl groups excluding tert-OH is 1. The number of aromatic amines is 1. The fraction of sp³-hybridized carbons (Fsp3) is 0.238. The number of carbonyl (C=O) groups is 1. The third-order valence-electron chi connectivity index (χ3n) is 5.33. The second kappa shape index (κ2) is 7.46. The van der Waals surface area contributed by atoms with E-state index in [1.54, 1.807) is 17.3 Å². The molecule has 7 nitrogen and oxygen atoms in total. The number of hydrogen-bond donors (Lipinski definition) is 2. The molecular weight excluding hydrogens is 422 g/mol. The molecule has 4 aromatic rings. The number of nitrogens with one attached hydrogen (secondary N) is 1. The van der Waals surface area contributed by atoms with Crippen LogP contribution >= 0.6 is 22.9 Å². The fourth-order valence-corrected chi connectivity index (χ4v) is 4.91. The van der Waals surface area contributed by atoms with Crippen molar-refractivity contribution in [1.82, 2.24) is 25.1 Å². The molecule has 1 saturated heterocycles. The van der Waals surface area contributed by atoms with Gasteiger partial charge in [-0.3, -0.25) is 14.9 Å². The van der Waals surface area contributed by atoms with E-state index < -0.39 is 6.10 Å². The molecule has 2 N–H and O–H groups in total. The van der Waals surface area contributed by atoms with Gasteiger partial charge in [0.25, 0.3) is 5.91 Å². The van der Waals surface area contributed by atoms with Crippen LogP contribution in [0.3, 0.4) is 0 Å². The van der Waals surface area contributed by atoms with Crippen LogP contribution in [-0.4, -0.2) is 55.3 Å². The Kier molecular flexibility index (Phi) is 4.77. The van der Waals surface area contributed by atoms with E-state index in [2.05, 4.69) is 15.2 Å². The van der Waals surface area contributed by atoms with Crippen LogP contribution in [0.2, 0.25) is 5.02 Å². The van der Waals surface area contributed by atoms with Crippen molar-refractivity contribution in [3.05, 3.63) is 52.9 Å². The number of benzene rings is 1. The van der Waals surface area contributed by atoms with E-state index >= 15 is 0 Å². The molecule has 30 heavy (non-hydrogen) atoms. The van der Waals surface area contributed by atoms with Crippen molar-refractivity contribution in [3.63, 3.8) is 0 Å². The predicted octanol–water partition coefficient (Wildman–Crippen LogP) is 3.92. The molecule has 3 aromatic heterocycles. The van der Waals surface area contributed by atoms with Gasteiger partial charge in [0.15, 0.2) is 0 Å². The van der Waals surface area contributed by atoms with Gasteiger partial charge in [-0.05, 0) is 37.1 Å². The molecule has 0 unspecified atom stereocenters. The number of H-pyrrole nitrogens is 1. The summed E-state index contributed by atoms with van der Waals surface area (Å²) in [6, 6.07) is 7.49. The van der Waals surface area contributed by atoms with Gasteiger partial charge >= 0.3 is 0 Å². The van der Waals surface area contributed by atoms with Crippen LogP contribution < -0.4 is 0 Å². The maximum atomic E-state index is 13.2. The maximum Gasteiger partial charge on any atom is 0.274 e. The number of aryl methyl sites for hydroxylation is 1. The number of rotatable bonds is 3. The molecule has 5 rings (SSSR count). The van der Waals surface area contributed by atoms with E-state index in [4.69, 9.17) is 16.6 Å². The van der Waals surface area contributed by atoms with Crippen LogP contribution in [0, 0.1) is 6.92 Å². The van der Waals surface area contributed by atoms with E-state index in [-0.39, 0.29) is 5.91 Å². The van der Waals surface area contributed by atoms with Crippen molar-refractivity contribution >= 4 is 39.7 Å². The van der Waals surface area contributed by atoms with Crippen LogP contribution in [0.4, 0.5) is 0 Å². The number of halogens is 1. The lowest BCUT2D eigenvalue weighted by Crippen LogP contribution is -2.30. The molecule has 1 amide bonds. The first kappa shape index (κ1) is 19.2. The van der Waals surface area contributed by atoms with Crippen molar-refractivity contribution < 1.29 is 9.90 Å². The number of likely N-dealkylation sites (tertiary alicyclic amines) is 1. The molecule has 0 bridgehead atoms. The second-order valence-corrected chi connectivity index (χ2v) is 8.71. The van der Waals surface area contributed by atoms with Gasteiger partial charge in [-0.15, -0.1) is 11.3 Å². The molecule has 1 aliphatic heterocycles.